The summed E-state index contributed by atoms with van der Waals surface area (Å²) >= 11 is 0. The number of aliphatic hydroxyl groups excluding tert-OH is 1. The van der Waals surface area contributed by atoms with Gasteiger partial charge >= 0.3 is 0 Å². The zero-order valence-corrected chi connectivity index (χ0v) is 15.6. The maximum absolute atomic E-state index is 9.88. The Morgan fingerprint density at radius 3 is 1.82 bits per heavy atom. The monoisotopic (exact) mass is 311 g/mol. The summed E-state index contributed by atoms with van der Waals surface area (Å²) < 4.78 is 0. The number of piperidine rings is 1. The largest absolute Gasteiger partial charge is 0.395 e. The lowest BCUT2D eigenvalue weighted by atomic mass is 9.94. The summed E-state index contributed by atoms with van der Waals surface area (Å²) in [5.74, 6) is 0. The van der Waals surface area contributed by atoms with Gasteiger partial charge in [-0.1, -0.05) is 0 Å². The second-order valence-electron chi connectivity index (χ2n) is 9.08. The second kappa shape index (κ2) is 6.76. The van der Waals surface area contributed by atoms with Crippen molar-refractivity contribution in [2.24, 2.45) is 0 Å². The first-order valence-corrected chi connectivity index (χ1v) is 8.99. The highest BCUT2D eigenvalue weighted by Crippen LogP contribution is 2.27. The van der Waals surface area contributed by atoms with E-state index in [1.807, 2.05) is 0 Å². The van der Waals surface area contributed by atoms with Gasteiger partial charge in [0.1, 0.15) is 0 Å². The third kappa shape index (κ3) is 4.22. The molecular formula is C18H37N3O. The summed E-state index contributed by atoms with van der Waals surface area (Å²) in [6.45, 7) is 19.6. The van der Waals surface area contributed by atoms with E-state index in [1.54, 1.807) is 0 Å². The van der Waals surface area contributed by atoms with Gasteiger partial charge in [-0.05, 0) is 54.4 Å². The van der Waals surface area contributed by atoms with Crippen LogP contribution in [-0.2, 0) is 0 Å². The van der Waals surface area contributed by atoms with E-state index >= 15 is 0 Å². The molecule has 0 aromatic heterocycles. The van der Waals surface area contributed by atoms with E-state index in [-0.39, 0.29) is 17.7 Å². The summed E-state index contributed by atoms with van der Waals surface area (Å²) in [4.78, 5) is 7.72. The minimum absolute atomic E-state index is 0.203. The van der Waals surface area contributed by atoms with Crippen LogP contribution in [0.4, 0.5) is 0 Å². The van der Waals surface area contributed by atoms with E-state index in [9.17, 15) is 5.11 Å². The van der Waals surface area contributed by atoms with E-state index in [1.165, 1.54) is 25.9 Å². The summed E-state index contributed by atoms with van der Waals surface area (Å²) in [5, 5.41) is 9.88. The van der Waals surface area contributed by atoms with Gasteiger partial charge in [0.05, 0.1) is 6.61 Å². The maximum atomic E-state index is 9.88. The fraction of sp³-hybridized carbons (Fsp3) is 1.00. The third-order valence-corrected chi connectivity index (χ3v) is 5.57. The molecule has 2 aliphatic rings. The molecule has 1 unspecified atom stereocenters. The van der Waals surface area contributed by atoms with Crippen LogP contribution in [0.25, 0.3) is 0 Å². The van der Waals surface area contributed by atoms with Crippen molar-refractivity contribution in [1.82, 2.24) is 14.7 Å². The van der Waals surface area contributed by atoms with Gasteiger partial charge in [0.15, 0.2) is 0 Å². The molecular weight excluding hydrogens is 274 g/mol. The van der Waals surface area contributed by atoms with Gasteiger partial charge in [-0.25, -0.2) is 0 Å². The van der Waals surface area contributed by atoms with E-state index in [2.05, 4.69) is 56.2 Å². The van der Waals surface area contributed by atoms with Gasteiger partial charge in [-0.3, -0.25) is 14.7 Å². The smallest absolute Gasteiger partial charge is 0.0599 e. The SMILES string of the molecule is CC(C)(C)N1CCC(N2CCN(C(C)(C)C)CC2CO)CC1. The van der Waals surface area contributed by atoms with Crippen LogP contribution in [0.1, 0.15) is 54.4 Å². The van der Waals surface area contributed by atoms with Gasteiger partial charge in [0.25, 0.3) is 0 Å². The lowest BCUT2D eigenvalue weighted by Crippen LogP contribution is -2.63. The number of aliphatic hydroxyl groups is 1. The number of piperazine rings is 1. The Kier molecular flexibility index (Phi) is 5.59. The third-order valence-electron chi connectivity index (χ3n) is 5.57. The van der Waals surface area contributed by atoms with Crippen LogP contribution >= 0.6 is 0 Å². The Balaban J connectivity index is 1.93. The molecule has 0 aliphatic carbocycles. The highest BCUT2D eigenvalue weighted by molar-refractivity contribution is 4.93. The summed E-state index contributed by atoms with van der Waals surface area (Å²) in [7, 11) is 0. The number of hydrogen-bond donors (Lipinski definition) is 1. The van der Waals surface area contributed by atoms with Crippen molar-refractivity contribution in [3.8, 4) is 0 Å². The first-order valence-electron chi connectivity index (χ1n) is 8.99. The van der Waals surface area contributed by atoms with Crippen LogP contribution in [0.2, 0.25) is 0 Å². The predicted octanol–water partition coefficient (Wildman–Crippen LogP) is 2.03. The van der Waals surface area contributed by atoms with E-state index < -0.39 is 0 Å². The molecule has 2 heterocycles. The standard InChI is InChI=1S/C18H37N3O/c1-17(2,3)19-9-7-15(8-10-19)21-12-11-20(18(4,5)6)13-16(21)14-22/h15-16,22H,7-14H2,1-6H3. The van der Waals surface area contributed by atoms with Crippen molar-refractivity contribution in [3.05, 3.63) is 0 Å². The minimum Gasteiger partial charge on any atom is -0.395 e. The molecule has 4 heteroatoms. The normalized spacial score (nSPS) is 28.2. The van der Waals surface area contributed by atoms with Gasteiger partial charge in [0, 0.05) is 55.9 Å². The van der Waals surface area contributed by atoms with Crippen molar-refractivity contribution in [2.45, 2.75) is 77.5 Å². The van der Waals surface area contributed by atoms with Crippen LogP contribution in [-0.4, -0.2) is 82.3 Å². The van der Waals surface area contributed by atoms with Crippen molar-refractivity contribution < 1.29 is 5.11 Å². The minimum atomic E-state index is 0.203. The molecule has 1 N–H and O–H groups in total. The first-order chi connectivity index (χ1) is 10.1. The van der Waals surface area contributed by atoms with E-state index in [0.29, 0.717) is 12.1 Å². The molecule has 0 aromatic carbocycles. The molecule has 130 valence electrons. The fourth-order valence-corrected chi connectivity index (χ4v) is 3.99. The summed E-state index contributed by atoms with van der Waals surface area (Å²) in [6, 6.07) is 0.956. The van der Waals surface area contributed by atoms with Gasteiger partial charge in [-0.2, -0.15) is 0 Å². The van der Waals surface area contributed by atoms with Gasteiger partial charge in [0.2, 0.25) is 0 Å². The molecule has 2 fully saturated rings. The highest BCUT2D eigenvalue weighted by atomic mass is 16.3. The molecule has 0 aromatic rings. The van der Waals surface area contributed by atoms with Crippen LogP contribution in [0.3, 0.4) is 0 Å². The summed E-state index contributed by atoms with van der Waals surface area (Å²) in [5.41, 5.74) is 0.487. The molecule has 2 rings (SSSR count). The zero-order valence-electron chi connectivity index (χ0n) is 15.6. The second-order valence-corrected chi connectivity index (χ2v) is 9.08. The van der Waals surface area contributed by atoms with Crippen molar-refractivity contribution in [3.63, 3.8) is 0 Å². The molecule has 0 amide bonds. The topological polar surface area (TPSA) is 30.0 Å². The Hall–Kier alpha value is -0.160. The number of hydrogen-bond acceptors (Lipinski definition) is 4. The van der Waals surface area contributed by atoms with Crippen molar-refractivity contribution in [2.75, 3.05) is 39.3 Å². The molecule has 0 radical (unpaired) electrons. The highest BCUT2D eigenvalue weighted by Gasteiger charge is 2.37. The quantitative estimate of drug-likeness (QED) is 0.845. The average Bonchev–Trinajstić information content (AvgIpc) is 2.45. The average molecular weight is 312 g/mol. The van der Waals surface area contributed by atoms with E-state index in [0.717, 1.165) is 19.6 Å². The maximum Gasteiger partial charge on any atom is 0.0599 e. The number of nitrogens with zero attached hydrogens (tertiary/aromatic N) is 3. The van der Waals surface area contributed by atoms with Crippen LogP contribution in [0.15, 0.2) is 0 Å². The Morgan fingerprint density at radius 2 is 1.36 bits per heavy atom. The molecule has 0 spiro atoms. The molecule has 1 atom stereocenters. The van der Waals surface area contributed by atoms with Crippen molar-refractivity contribution >= 4 is 0 Å². The fourth-order valence-electron chi connectivity index (χ4n) is 3.99. The molecule has 22 heavy (non-hydrogen) atoms. The van der Waals surface area contributed by atoms with Gasteiger partial charge in [-0.15, -0.1) is 0 Å². The van der Waals surface area contributed by atoms with Gasteiger partial charge < -0.3 is 5.11 Å². The predicted molar refractivity (Wildman–Crippen MR) is 93.3 cm³/mol. The van der Waals surface area contributed by atoms with E-state index in [4.69, 9.17) is 0 Å². The van der Waals surface area contributed by atoms with Crippen LogP contribution < -0.4 is 0 Å². The number of rotatable bonds is 2. The molecule has 4 nitrogen and oxygen atoms in total. The first kappa shape index (κ1) is 18.2. The van der Waals surface area contributed by atoms with Crippen molar-refractivity contribution in [1.29, 1.82) is 0 Å². The Bertz CT molecular complexity index is 350. The molecule has 2 saturated heterocycles. The Morgan fingerprint density at radius 1 is 0.818 bits per heavy atom. The number of likely N-dealkylation sites (tertiary alicyclic amines) is 1. The summed E-state index contributed by atoms with van der Waals surface area (Å²) in [6.07, 6.45) is 2.48. The lowest BCUT2D eigenvalue weighted by molar-refractivity contribution is -0.0394. The molecule has 0 saturated carbocycles. The zero-order chi connectivity index (χ0) is 16.5. The lowest BCUT2D eigenvalue weighted by Gasteiger charge is -2.51. The van der Waals surface area contributed by atoms with Crippen LogP contribution in [0, 0.1) is 0 Å². The Labute approximate surface area is 137 Å². The molecule has 2 aliphatic heterocycles. The molecule has 0 bridgehead atoms. The van der Waals surface area contributed by atoms with Crippen LogP contribution in [0.5, 0.6) is 0 Å².